The molecule has 0 aliphatic carbocycles. The Hall–Kier alpha value is -2.82. The van der Waals surface area contributed by atoms with Crippen molar-refractivity contribution in [2.24, 2.45) is 0 Å². The molecule has 0 radical (unpaired) electrons. The van der Waals surface area contributed by atoms with Crippen molar-refractivity contribution in [3.05, 3.63) is 65.6 Å². The SMILES string of the molecule is CCOc1ccc(CNC(=O)c2cn3ccc(C)cc3n2)cc1. The quantitative estimate of drug-likeness (QED) is 0.788. The van der Waals surface area contributed by atoms with Crippen LogP contribution in [0.25, 0.3) is 5.65 Å². The molecular formula is C18H19N3O2. The standard InChI is InChI=1S/C18H19N3O2/c1-3-23-15-6-4-14(5-7-15)11-19-18(22)16-12-21-9-8-13(2)10-17(21)20-16/h4-10,12H,3,11H2,1-2H3,(H,19,22). The zero-order chi connectivity index (χ0) is 16.2. The molecule has 1 N–H and O–H groups in total. The first-order chi connectivity index (χ1) is 11.2. The predicted octanol–water partition coefficient (Wildman–Crippen LogP) is 2.97. The Bertz CT molecular complexity index is 822. The predicted molar refractivity (Wildman–Crippen MR) is 88.7 cm³/mol. The first kappa shape index (κ1) is 15.1. The second-order valence-electron chi connectivity index (χ2n) is 5.36. The van der Waals surface area contributed by atoms with E-state index in [1.165, 1.54) is 0 Å². The van der Waals surface area contributed by atoms with Gasteiger partial charge in [-0.15, -0.1) is 0 Å². The average molecular weight is 309 g/mol. The maximum atomic E-state index is 12.2. The fraction of sp³-hybridized carbons (Fsp3) is 0.222. The van der Waals surface area contributed by atoms with Gasteiger partial charge in [-0.05, 0) is 49.2 Å². The lowest BCUT2D eigenvalue weighted by molar-refractivity contribution is 0.0946. The lowest BCUT2D eigenvalue weighted by Gasteiger charge is -2.06. The molecule has 0 aliphatic rings. The molecule has 3 aromatic rings. The number of amides is 1. The van der Waals surface area contributed by atoms with Crippen molar-refractivity contribution in [2.45, 2.75) is 20.4 Å². The Morgan fingerprint density at radius 3 is 2.78 bits per heavy atom. The Labute approximate surface area is 134 Å². The zero-order valence-electron chi connectivity index (χ0n) is 13.2. The highest BCUT2D eigenvalue weighted by Crippen LogP contribution is 2.12. The normalized spacial score (nSPS) is 10.7. The monoisotopic (exact) mass is 309 g/mol. The summed E-state index contributed by atoms with van der Waals surface area (Å²) < 4.78 is 7.24. The molecular weight excluding hydrogens is 290 g/mol. The molecule has 0 bridgehead atoms. The van der Waals surface area contributed by atoms with Gasteiger partial charge in [-0.1, -0.05) is 12.1 Å². The molecule has 0 saturated carbocycles. The molecule has 3 rings (SSSR count). The van der Waals surface area contributed by atoms with Gasteiger partial charge in [-0.2, -0.15) is 0 Å². The van der Waals surface area contributed by atoms with Crippen LogP contribution in [0.3, 0.4) is 0 Å². The van der Waals surface area contributed by atoms with Gasteiger partial charge in [-0.3, -0.25) is 4.79 Å². The number of nitrogens with zero attached hydrogens (tertiary/aromatic N) is 2. The molecule has 1 amide bonds. The van der Waals surface area contributed by atoms with E-state index in [4.69, 9.17) is 4.74 Å². The van der Waals surface area contributed by atoms with Gasteiger partial charge in [0.05, 0.1) is 6.61 Å². The van der Waals surface area contributed by atoms with Crippen molar-refractivity contribution < 1.29 is 9.53 Å². The smallest absolute Gasteiger partial charge is 0.271 e. The van der Waals surface area contributed by atoms with Gasteiger partial charge >= 0.3 is 0 Å². The molecule has 0 atom stereocenters. The van der Waals surface area contributed by atoms with Crippen LogP contribution in [-0.4, -0.2) is 21.9 Å². The lowest BCUT2D eigenvalue weighted by Crippen LogP contribution is -2.23. The van der Waals surface area contributed by atoms with Gasteiger partial charge in [0.25, 0.3) is 5.91 Å². The van der Waals surface area contributed by atoms with Crippen LogP contribution in [0.1, 0.15) is 28.5 Å². The van der Waals surface area contributed by atoms with Gasteiger partial charge in [0.15, 0.2) is 0 Å². The fourth-order valence-corrected chi connectivity index (χ4v) is 2.34. The molecule has 2 heterocycles. The Balaban J connectivity index is 1.65. The third-order valence-electron chi connectivity index (χ3n) is 3.54. The number of hydrogen-bond acceptors (Lipinski definition) is 3. The summed E-state index contributed by atoms with van der Waals surface area (Å²) in [5.41, 5.74) is 3.32. The molecule has 0 aliphatic heterocycles. The van der Waals surface area contributed by atoms with E-state index in [1.54, 1.807) is 6.20 Å². The van der Waals surface area contributed by atoms with Crippen LogP contribution in [-0.2, 0) is 6.54 Å². The summed E-state index contributed by atoms with van der Waals surface area (Å²) in [6, 6.07) is 11.6. The van der Waals surface area contributed by atoms with Gasteiger partial charge in [0.1, 0.15) is 17.1 Å². The van der Waals surface area contributed by atoms with E-state index in [-0.39, 0.29) is 5.91 Å². The number of imidazole rings is 1. The molecule has 23 heavy (non-hydrogen) atoms. The maximum Gasteiger partial charge on any atom is 0.271 e. The molecule has 0 fully saturated rings. The number of carbonyl (C=O) groups excluding carboxylic acids is 1. The number of pyridine rings is 1. The summed E-state index contributed by atoms with van der Waals surface area (Å²) in [5, 5.41) is 2.89. The van der Waals surface area contributed by atoms with Crippen molar-refractivity contribution in [1.82, 2.24) is 14.7 Å². The number of aryl methyl sites for hydroxylation is 1. The maximum absolute atomic E-state index is 12.2. The average Bonchev–Trinajstić information content (AvgIpc) is 2.97. The first-order valence-corrected chi connectivity index (χ1v) is 7.61. The van der Waals surface area contributed by atoms with E-state index in [0.29, 0.717) is 18.8 Å². The van der Waals surface area contributed by atoms with E-state index in [9.17, 15) is 4.79 Å². The molecule has 5 nitrogen and oxygen atoms in total. The van der Waals surface area contributed by atoms with Crippen LogP contribution in [0, 0.1) is 6.92 Å². The van der Waals surface area contributed by atoms with Crippen LogP contribution in [0.4, 0.5) is 0 Å². The Morgan fingerprint density at radius 1 is 1.26 bits per heavy atom. The summed E-state index contributed by atoms with van der Waals surface area (Å²) >= 11 is 0. The summed E-state index contributed by atoms with van der Waals surface area (Å²) in [4.78, 5) is 16.6. The van der Waals surface area contributed by atoms with Crippen molar-refractivity contribution in [1.29, 1.82) is 0 Å². The van der Waals surface area contributed by atoms with Crippen molar-refractivity contribution in [2.75, 3.05) is 6.61 Å². The highest BCUT2D eigenvalue weighted by molar-refractivity contribution is 5.92. The minimum Gasteiger partial charge on any atom is -0.494 e. The van der Waals surface area contributed by atoms with Crippen molar-refractivity contribution in [3.63, 3.8) is 0 Å². The largest absolute Gasteiger partial charge is 0.494 e. The molecule has 0 unspecified atom stereocenters. The Kier molecular flexibility index (Phi) is 4.28. The second kappa shape index (κ2) is 6.52. The zero-order valence-corrected chi connectivity index (χ0v) is 13.2. The van der Waals surface area contributed by atoms with Gasteiger partial charge < -0.3 is 14.5 Å². The number of ether oxygens (including phenoxy) is 1. The summed E-state index contributed by atoms with van der Waals surface area (Å²) in [5.74, 6) is 0.651. The van der Waals surface area contributed by atoms with Crippen LogP contribution in [0.5, 0.6) is 5.75 Å². The third kappa shape index (κ3) is 3.51. The van der Waals surface area contributed by atoms with Crippen molar-refractivity contribution in [3.8, 4) is 5.75 Å². The summed E-state index contributed by atoms with van der Waals surface area (Å²) in [6.07, 6.45) is 3.64. The van der Waals surface area contributed by atoms with E-state index in [2.05, 4.69) is 10.3 Å². The number of nitrogens with one attached hydrogen (secondary N) is 1. The van der Waals surface area contributed by atoms with Gasteiger partial charge in [0, 0.05) is 18.9 Å². The third-order valence-corrected chi connectivity index (χ3v) is 3.54. The summed E-state index contributed by atoms with van der Waals surface area (Å²) in [7, 11) is 0. The van der Waals surface area contributed by atoms with Crippen molar-refractivity contribution >= 4 is 11.6 Å². The number of hydrogen-bond donors (Lipinski definition) is 1. The summed E-state index contributed by atoms with van der Waals surface area (Å²) in [6.45, 7) is 5.05. The van der Waals surface area contributed by atoms with E-state index in [0.717, 1.165) is 22.5 Å². The van der Waals surface area contributed by atoms with E-state index < -0.39 is 0 Å². The van der Waals surface area contributed by atoms with Crippen LogP contribution in [0.15, 0.2) is 48.8 Å². The lowest BCUT2D eigenvalue weighted by atomic mass is 10.2. The molecule has 0 spiro atoms. The van der Waals surface area contributed by atoms with Crippen LogP contribution in [0.2, 0.25) is 0 Å². The second-order valence-corrected chi connectivity index (χ2v) is 5.36. The highest BCUT2D eigenvalue weighted by atomic mass is 16.5. The minimum atomic E-state index is -0.180. The van der Waals surface area contributed by atoms with Gasteiger partial charge in [0.2, 0.25) is 0 Å². The molecule has 0 saturated heterocycles. The minimum absolute atomic E-state index is 0.180. The van der Waals surface area contributed by atoms with E-state index >= 15 is 0 Å². The topological polar surface area (TPSA) is 55.6 Å². The number of carbonyl (C=O) groups is 1. The Morgan fingerprint density at radius 2 is 2.04 bits per heavy atom. The molecule has 5 heteroatoms. The van der Waals surface area contributed by atoms with Crippen LogP contribution >= 0.6 is 0 Å². The number of rotatable bonds is 5. The van der Waals surface area contributed by atoms with Crippen LogP contribution < -0.4 is 10.1 Å². The van der Waals surface area contributed by atoms with E-state index in [1.807, 2.05) is 60.8 Å². The molecule has 118 valence electrons. The number of aromatic nitrogens is 2. The molecule has 1 aromatic carbocycles. The first-order valence-electron chi connectivity index (χ1n) is 7.61. The van der Waals surface area contributed by atoms with Gasteiger partial charge in [-0.25, -0.2) is 4.98 Å². The fourth-order valence-electron chi connectivity index (χ4n) is 2.34. The number of fused-ring (bicyclic) bond motifs is 1. The number of benzene rings is 1. The highest BCUT2D eigenvalue weighted by Gasteiger charge is 2.10. The molecule has 2 aromatic heterocycles.